The van der Waals surface area contributed by atoms with Crippen LogP contribution in [-0.4, -0.2) is 55.0 Å². The summed E-state index contributed by atoms with van der Waals surface area (Å²) in [4.78, 5) is 16.2. The van der Waals surface area contributed by atoms with Crippen LogP contribution >= 0.6 is 0 Å². The average molecular weight is 243 g/mol. The van der Waals surface area contributed by atoms with E-state index in [4.69, 9.17) is 5.73 Å². The zero-order chi connectivity index (χ0) is 13.6. The van der Waals surface area contributed by atoms with Gasteiger partial charge < -0.3 is 15.5 Å². The minimum absolute atomic E-state index is 0.0792. The van der Waals surface area contributed by atoms with Gasteiger partial charge in [0.05, 0.1) is 6.04 Å². The Morgan fingerprint density at radius 1 is 1.24 bits per heavy atom. The molecular formula is C13H29N3O. The zero-order valence-corrected chi connectivity index (χ0v) is 12.2. The molecule has 0 aliphatic rings. The molecule has 0 aliphatic carbocycles. The number of hydrogen-bond acceptors (Lipinski definition) is 3. The number of hydrogen-bond donors (Lipinski definition) is 1. The Labute approximate surface area is 106 Å². The lowest BCUT2D eigenvalue weighted by Gasteiger charge is -2.32. The van der Waals surface area contributed by atoms with E-state index >= 15 is 0 Å². The standard InChI is InChI=1S/C13H29N3O/c1-7-16(11(4)9-15(5)6)13(17)12(14)8-10(2)3/h10-12H,7-9,14H2,1-6H3/t11?,12-/m1/s1. The van der Waals surface area contributed by atoms with Crippen LogP contribution in [0.25, 0.3) is 0 Å². The second-order valence-electron chi connectivity index (χ2n) is 5.47. The van der Waals surface area contributed by atoms with Gasteiger partial charge in [-0.1, -0.05) is 13.8 Å². The number of carbonyl (C=O) groups is 1. The summed E-state index contributed by atoms with van der Waals surface area (Å²) in [6, 6.07) is -0.153. The first kappa shape index (κ1) is 16.4. The summed E-state index contributed by atoms with van der Waals surface area (Å²) >= 11 is 0. The lowest BCUT2D eigenvalue weighted by molar-refractivity contribution is -0.135. The summed E-state index contributed by atoms with van der Waals surface area (Å²) < 4.78 is 0. The number of nitrogens with zero attached hydrogens (tertiary/aromatic N) is 2. The molecule has 0 saturated heterocycles. The molecule has 0 rings (SSSR count). The van der Waals surface area contributed by atoms with Crippen LogP contribution in [0.2, 0.25) is 0 Å². The maximum absolute atomic E-state index is 12.2. The molecule has 0 saturated carbocycles. The lowest BCUT2D eigenvalue weighted by atomic mass is 10.0. The molecule has 0 heterocycles. The van der Waals surface area contributed by atoms with Gasteiger partial charge in [-0.05, 0) is 40.3 Å². The van der Waals surface area contributed by atoms with Crippen molar-refractivity contribution in [2.45, 2.75) is 46.2 Å². The van der Waals surface area contributed by atoms with E-state index in [1.54, 1.807) is 0 Å². The van der Waals surface area contributed by atoms with Crippen molar-refractivity contribution in [2.24, 2.45) is 11.7 Å². The van der Waals surface area contributed by atoms with Gasteiger partial charge in [0.1, 0.15) is 0 Å². The fourth-order valence-corrected chi connectivity index (χ4v) is 2.13. The van der Waals surface area contributed by atoms with Crippen molar-refractivity contribution in [3.05, 3.63) is 0 Å². The topological polar surface area (TPSA) is 49.6 Å². The van der Waals surface area contributed by atoms with Crippen LogP contribution in [0, 0.1) is 5.92 Å². The molecule has 0 radical (unpaired) electrons. The highest BCUT2D eigenvalue weighted by Gasteiger charge is 2.24. The van der Waals surface area contributed by atoms with Crippen LogP contribution in [0.4, 0.5) is 0 Å². The van der Waals surface area contributed by atoms with E-state index in [2.05, 4.69) is 25.7 Å². The van der Waals surface area contributed by atoms with E-state index in [1.807, 2.05) is 25.9 Å². The van der Waals surface area contributed by atoms with Gasteiger partial charge in [-0.15, -0.1) is 0 Å². The molecule has 2 N–H and O–H groups in total. The van der Waals surface area contributed by atoms with Crippen molar-refractivity contribution in [1.29, 1.82) is 0 Å². The third-order valence-electron chi connectivity index (χ3n) is 2.83. The summed E-state index contributed by atoms with van der Waals surface area (Å²) in [5.41, 5.74) is 5.96. The molecule has 0 fully saturated rings. The summed E-state index contributed by atoms with van der Waals surface area (Å²) in [6.45, 7) is 9.85. The van der Waals surface area contributed by atoms with Crippen molar-refractivity contribution < 1.29 is 4.79 Å². The summed E-state index contributed by atoms with van der Waals surface area (Å²) in [5, 5.41) is 0. The summed E-state index contributed by atoms with van der Waals surface area (Å²) in [5.74, 6) is 0.535. The highest BCUT2D eigenvalue weighted by molar-refractivity contribution is 5.81. The van der Waals surface area contributed by atoms with Crippen LogP contribution in [0.5, 0.6) is 0 Å². The molecule has 4 heteroatoms. The molecule has 102 valence electrons. The predicted molar refractivity (Wildman–Crippen MR) is 72.8 cm³/mol. The molecule has 17 heavy (non-hydrogen) atoms. The monoisotopic (exact) mass is 243 g/mol. The van der Waals surface area contributed by atoms with E-state index in [1.165, 1.54) is 0 Å². The Balaban J connectivity index is 4.48. The second kappa shape index (κ2) is 7.67. The molecule has 0 aromatic heterocycles. The number of amides is 1. The Morgan fingerprint density at radius 2 is 1.76 bits per heavy atom. The first-order valence-electron chi connectivity index (χ1n) is 6.50. The van der Waals surface area contributed by atoms with Gasteiger partial charge in [-0.3, -0.25) is 4.79 Å². The maximum Gasteiger partial charge on any atom is 0.239 e. The van der Waals surface area contributed by atoms with Crippen molar-refractivity contribution in [1.82, 2.24) is 9.80 Å². The molecule has 1 unspecified atom stereocenters. The normalized spacial score (nSPS) is 15.1. The fourth-order valence-electron chi connectivity index (χ4n) is 2.13. The summed E-state index contributed by atoms with van der Waals surface area (Å²) in [7, 11) is 4.03. The zero-order valence-electron chi connectivity index (χ0n) is 12.2. The highest BCUT2D eigenvalue weighted by atomic mass is 16.2. The average Bonchev–Trinajstić information content (AvgIpc) is 2.16. The molecule has 4 nitrogen and oxygen atoms in total. The van der Waals surface area contributed by atoms with Crippen molar-refractivity contribution >= 4 is 5.91 Å². The lowest BCUT2D eigenvalue weighted by Crippen LogP contribution is -2.50. The number of likely N-dealkylation sites (N-methyl/N-ethyl adjacent to an activating group) is 2. The smallest absolute Gasteiger partial charge is 0.239 e. The van der Waals surface area contributed by atoms with Crippen LogP contribution in [0.1, 0.15) is 34.1 Å². The molecular weight excluding hydrogens is 214 g/mol. The van der Waals surface area contributed by atoms with Gasteiger partial charge in [0.15, 0.2) is 0 Å². The molecule has 0 aliphatic heterocycles. The van der Waals surface area contributed by atoms with Gasteiger partial charge in [0, 0.05) is 19.1 Å². The highest BCUT2D eigenvalue weighted by Crippen LogP contribution is 2.09. The van der Waals surface area contributed by atoms with Gasteiger partial charge in [-0.2, -0.15) is 0 Å². The van der Waals surface area contributed by atoms with Crippen LogP contribution in [0.15, 0.2) is 0 Å². The molecule has 1 amide bonds. The number of carbonyl (C=O) groups excluding carboxylic acids is 1. The molecule has 2 atom stereocenters. The Hall–Kier alpha value is -0.610. The molecule has 0 spiro atoms. The third-order valence-corrected chi connectivity index (χ3v) is 2.83. The third kappa shape index (κ3) is 6.03. The second-order valence-corrected chi connectivity index (χ2v) is 5.47. The van der Waals surface area contributed by atoms with E-state index in [9.17, 15) is 4.79 Å². The van der Waals surface area contributed by atoms with E-state index < -0.39 is 0 Å². The van der Waals surface area contributed by atoms with Gasteiger partial charge in [0.25, 0.3) is 0 Å². The Bertz CT molecular complexity index is 229. The van der Waals surface area contributed by atoms with Crippen LogP contribution in [-0.2, 0) is 4.79 Å². The van der Waals surface area contributed by atoms with Crippen LogP contribution < -0.4 is 5.73 Å². The fraction of sp³-hybridized carbons (Fsp3) is 0.923. The van der Waals surface area contributed by atoms with Crippen molar-refractivity contribution in [2.75, 3.05) is 27.2 Å². The molecule has 0 aromatic carbocycles. The Kier molecular flexibility index (Phi) is 7.39. The van der Waals surface area contributed by atoms with Gasteiger partial charge in [-0.25, -0.2) is 0 Å². The van der Waals surface area contributed by atoms with E-state index in [0.717, 1.165) is 19.5 Å². The Morgan fingerprint density at radius 3 is 2.12 bits per heavy atom. The van der Waals surface area contributed by atoms with Gasteiger partial charge in [0.2, 0.25) is 5.91 Å². The minimum Gasteiger partial charge on any atom is -0.338 e. The number of rotatable bonds is 7. The van der Waals surface area contributed by atoms with Gasteiger partial charge >= 0.3 is 0 Å². The van der Waals surface area contributed by atoms with E-state index in [0.29, 0.717) is 5.92 Å². The minimum atomic E-state index is -0.362. The van der Waals surface area contributed by atoms with E-state index in [-0.39, 0.29) is 18.0 Å². The summed E-state index contributed by atoms with van der Waals surface area (Å²) in [6.07, 6.45) is 0.754. The molecule has 0 bridgehead atoms. The van der Waals surface area contributed by atoms with Crippen molar-refractivity contribution in [3.8, 4) is 0 Å². The largest absolute Gasteiger partial charge is 0.338 e. The van der Waals surface area contributed by atoms with Crippen LogP contribution in [0.3, 0.4) is 0 Å². The first-order chi connectivity index (χ1) is 7.79. The van der Waals surface area contributed by atoms with Crippen molar-refractivity contribution in [3.63, 3.8) is 0 Å². The predicted octanol–water partition coefficient (Wildman–Crippen LogP) is 1.16. The first-order valence-corrected chi connectivity index (χ1v) is 6.50. The number of nitrogens with two attached hydrogens (primary N) is 1. The SMILES string of the molecule is CCN(C(=O)[C@H](N)CC(C)C)C(C)CN(C)C. The maximum atomic E-state index is 12.2. The molecule has 0 aromatic rings. The quantitative estimate of drug-likeness (QED) is 0.730.